The molecule has 0 unspecified atom stereocenters. The molecule has 0 N–H and O–H groups in total. The third-order valence-electron chi connectivity index (χ3n) is 6.57. The van der Waals surface area contributed by atoms with Crippen LogP contribution in [0.4, 0.5) is 14.5 Å². The van der Waals surface area contributed by atoms with E-state index in [2.05, 4.69) is 9.97 Å². The maximum Gasteiger partial charge on any atom is 0.238 e. The zero-order chi connectivity index (χ0) is 25.8. The average Bonchev–Trinajstić information content (AvgIpc) is 3.63. The lowest BCUT2D eigenvalue weighted by Gasteiger charge is -2.35. The number of benzene rings is 1. The van der Waals surface area contributed by atoms with Gasteiger partial charge in [0, 0.05) is 36.5 Å². The zero-order valence-electron chi connectivity index (χ0n) is 19.8. The van der Waals surface area contributed by atoms with Crippen LogP contribution >= 0.6 is 0 Å². The van der Waals surface area contributed by atoms with Gasteiger partial charge in [0.1, 0.15) is 5.69 Å². The molecule has 5 rings (SSSR count). The fourth-order valence-corrected chi connectivity index (χ4v) is 5.50. The number of fused-ring (bicyclic) bond motifs is 2. The molecule has 2 aliphatic rings. The van der Waals surface area contributed by atoms with Gasteiger partial charge in [-0.1, -0.05) is 0 Å². The number of sulfone groups is 1. The van der Waals surface area contributed by atoms with Gasteiger partial charge in [-0.25, -0.2) is 17.2 Å². The number of hydrogen-bond acceptors (Lipinski definition) is 7. The molecule has 0 radical (unpaired) electrons. The standard InChI is InChI=1S/C25H23F2N3O5S/c1-34-19-8-20(35-2)22(27)23(21(19)26)30-12-16-11-29-18(7-17(16)25(4-5-25)24(30)31)15-6-14(9-28-10-15)13-36(3,32)33/h6-11H,4-5,12-13H2,1-3H3. The van der Waals surface area contributed by atoms with Crippen molar-refractivity contribution in [3.8, 4) is 22.8 Å². The van der Waals surface area contributed by atoms with E-state index in [1.807, 2.05) is 0 Å². The molecule has 1 aliphatic carbocycles. The van der Waals surface area contributed by atoms with Crippen LogP contribution in [0, 0.1) is 11.6 Å². The molecule has 1 aliphatic heterocycles. The summed E-state index contributed by atoms with van der Waals surface area (Å²) in [7, 11) is -0.745. The van der Waals surface area contributed by atoms with Crippen molar-refractivity contribution in [2.45, 2.75) is 30.6 Å². The first-order valence-corrected chi connectivity index (χ1v) is 13.2. The summed E-state index contributed by atoms with van der Waals surface area (Å²) in [6.45, 7) is -0.0836. The summed E-state index contributed by atoms with van der Waals surface area (Å²) in [6.07, 6.45) is 6.84. The van der Waals surface area contributed by atoms with Crippen LogP contribution < -0.4 is 14.4 Å². The highest BCUT2D eigenvalue weighted by atomic mass is 32.2. The normalized spacial score (nSPS) is 16.1. The topological polar surface area (TPSA) is 98.7 Å². The highest BCUT2D eigenvalue weighted by Gasteiger charge is 2.57. The molecule has 3 aromatic rings. The molecule has 0 bridgehead atoms. The fraction of sp³-hybridized carbons (Fsp3) is 0.320. The SMILES string of the molecule is COc1cc(OC)c(F)c(N2Cc3cnc(-c4cncc(CS(C)(=O)=O)c4)cc3C3(CC3)C2=O)c1F. The van der Waals surface area contributed by atoms with Gasteiger partial charge < -0.3 is 14.4 Å². The van der Waals surface area contributed by atoms with Crippen molar-refractivity contribution in [3.05, 3.63) is 65.1 Å². The van der Waals surface area contributed by atoms with E-state index in [9.17, 15) is 13.2 Å². The summed E-state index contributed by atoms with van der Waals surface area (Å²) in [4.78, 5) is 23.4. The van der Waals surface area contributed by atoms with Crippen LogP contribution in [-0.4, -0.2) is 44.8 Å². The molecule has 1 saturated carbocycles. The largest absolute Gasteiger partial charge is 0.493 e. The number of aromatic nitrogens is 2. The number of amides is 1. The van der Waals surface area contributed by atoms with Crippen molar-refractivity contribution < 1.29 is 31.5 Å². The Hall–Kier alpha value is -3.60. The molecule has 36 heavy (non-hydrogen) atoms. The second-order valence-corrected chi connectivity index (χ2v) is 11.2. The molecule has 1 aromatic carbocycles. The number of pyridine rings is 2. The molecule has 3 heterocycles. The van der Waals surface area contributed by atoms with Crippen molar-refractivity contribution >= 4 is 21.4 Å². The predicted octanol–water partition coefficient (Wildman–Crippen LogP) is 3.56. The van der Waals surface area contributed by atoms with Crippen molar-refractivity contribution in [3.63, 3.8) is 0 Å². The van der Waals surface area contributed by atoms with Crippen molar-refractivity contribution in [1.29, 1.82) is 0 Å². The number of halogens is 2. The molecule has 1 spiro atoms. The van der Waals surface area contributed by atoms with Gasteiger partial charge >= 0.3 is 0 Å². The Labute approximate surface area is 206 Å². The Morgan fingerprint density at radius 3 is 2.28 bits per heavy atom. The van der Waals surface area contributed by atoms with Crippen LogP contribution in [0.3, 0.4) is 0 Å². The molecule has 8 nitrogen and oxygen atoms in total. The summed E-state index contributed by atoms with van der Waals surface area (Å²) in [5.74, 6) is -3.01. The summed E-state index contributed by atoms with van der Waals surface area (Å²) in [5, 5.41) is 0. The van der Waals surface area contributed by atoms with E-state index in [0.29, 0.717) is 35.2 Å². The molecule has 1 amide bonds. The highest BCUT2D eigenvalue weighted by molar-refractivity contribution is 7.89. The number of ether oxygens (including phenoxy) is 2. The number of hydrogen-bond donors (Lipinski definition) is 0. The van der Waals surface area contributed by atoms with Gasteiger partial charge in [-0.3, -0.25) is 14.8 Å². The molecule has 0 saturated heterocycles. The van der Waals surface area contributed by atoms with Crippen LogP contribution in [-0.2, 0) is 32.3 Å². The van der Waals surface area contributed by atoms with E-state index in [1.165, 1.54) is 20.4 Å². The molecular formula is C25H23F2N3O5S. The van der Waals surface area contributed by atoms with E-state index in [-0.39, 0.29) is 23.8 Å². The Bertz CT molecular complexity index is 1480. The second-order valence-electron chi connectivity index (χ2n) is 9.11. The maximum absolute atomic E-state index is 15.2. The van der Waals surface area contributed by atoms with E-state index >= 15 is 8.78 Å². The van der Waals surface area contributed by atoms with Gasteiger partial charge in [-0.15, -0.1) is 0 Å². The first-order chi connectivity index (χ1) is 17.1. The Morgan fingerprint density at radius 2 is 1.69 bits per heavy atom. The number of methoxy groups -OCH3 is 2. The molecule has 1 fully saturated rings. The van der Waals surface area contributed by atoms with Crippen LogP contribution in [0.25, 0.3) is 11.3 Å². The van der Waals surface area contributed by atoms with Gasteiger partial charge in [0.25, 0.3) is 0 Å². The quantitative estimate of drug-likeness (QED) is 0.495. The molecule has 0 atom stereocenters. The van der Waals surface area contributed by atoms with E-state index in [4.69, 9.17) is 9.47 Å². The molecule has 2 aromatic heterocycles. The van der Waals surface area contributed by atoms with Crippen LogP contribution in [0.15, 0.2) is 36.8 Å². The number of carbonyl (C=O) groups excluding carboxylic acids is 1. The minimum Gasteiger partial charge on any atom is -0.493 e. The van der Waals surface area contributed by atoms with Crippen molar-refractivity contribution in [2.24, 2.45) is 0 Å². The van der Waals surface area contributed by atoms with Gasteiger partial charge in [0.2, 0.25) is 5.91 Å². The van der Waals surface area contributed by atoms with Gasteiger partial charge in [0.05, 0.1) is 37.6 Å². The third-order valence-corrected chi connectivity index (χ3v) is 7.43. The van der Waals surface area contributed by atoms with Crippen LogP contribution in [0.5, 0.6) is 11.5 Å². The summed E-state index contributed by atoms with van der Waals surface area (Å²) < 4.78 is 63.9. The predicted molar refractivity (Wildman–Crippen MR) is 128 cm³/mol. The summed E-state index contributed by atoms with van der Waals surface area (Å²) >= 11 is 0. The molecule has 11 heteroatoms. The lowest BCUT2D eigenvalue weighted by Crippen LogP contribution is -2.45. The minimum absolute atomic E-state index is 0.0836. The van der Waals surface area contributed by atoms with Crippen molar-refractivity contribution in [2.75, 3.05) is 25.4 Å². The Morgan fingerprint density at radius 1 is 1.03 bits per heavy atom. The number of nitrogens with zero attached hydrogens (tertiary/aromatic N) is 3. The Kier molecular flexibility index (Phi) is 5.70. The lowest BCUT2D eigenvalue weighted by molar-refractivity contribution is -0.121. The van der Waals surface area contributed by atoms with Crippen LogP contribution in [0.1, 0.15) is 29.5 Å². The summed E-state index contributed by atoms with van der Waals surface area (Å²) in [5.41, 5.74) is 1.64. The van der Waals surface area contributed by atoms with Crippen molar-refractivity contribution in [1.82, 2.24) is 9.97 Å². The number of rotatable bonds is 6. The number of anilines is 1. The van der Waals surface area contributed by atoms with Gasteiger partial charge in [-0.2, -0.15) is 0 Å². The first-order valence-electron chi connectivity index (χ1n) is 11.1. The average molecular weight is 516 g/mol. The molecular weight excluding hydrogens is 492 g/mol. The number of carbonyl (C=O) groups is 1. The van der Waals surface area contributed by atoms with E-state index in [1.54, 1.807) is 24.5 Å². The van der Waals surface area contributed by atoms with Crippen LogP contribution in [0.2, 0.25) is 0 Å². The van der Waals surface area contributed by atoms with E-state index < -0.39 is 38.5 Å². The monoisotopic (exact) mass is 515 g/mol. The maximum atomic E-state index is 15.2. The second kappa shape index (κ2) is 8.51. The fourth-order valence-electron chi connectivity index (χ4n) is 4.74. The first kappa shape index (κ1) is 24.1. The summed E-state index contributed by atoms with van der Waals surface area (Å²) in [6, 6.07) is 4.59. The lowest BCUT2D eigenvalue weighted by atomic mass is 9.86. The zero-order valence-corrected chi connectivity index (χ0v) is 20.7. The van der Waals surface area contributed by atoms with E-state index in [0.717, 1.165) is 22.8 Å². The highest BCUT2D eigenvalue weighted by Crippen LogP contribution is 2.55. The smallest absolute Gasteiger partial charge is 0.238 e. The minimum atomic E-state index is -3.25. The van der Waals surface area contributed by atoms with Gasteiger partial charge in [-0.05, 0) is 41.7 Å². The molecule has 188 valence electrons. The Balaban J connectivity index is 1.57. The third kappa shape index (κ3) is 3.97. The van der Waals surface area contributed by atoms with Gasteiger partial charge in [0.15, 0.2) is 33.0 Å².